The first-order valence-corrected chi connectivity index (χ1v) is 6.48. The monoisotopic (exact) mass is 216 g/mol. The van der Waals surface area contributed by atoms with Crippen LogP contribution in [0.25, 0.3) is 0 Å². The fourth-order valence-electron chi connectivity index (χ4n) is 0.699. The second-order valence-corrected chi connectivity index (χ2v) is 8.07. The van der Waals surface area contributed by atoms with E-state index in [2.05, 4.69) is 0 Å². The number of aliphatic hydroxyl groups is 1. The summed E-state index contributed by atoms with van der Waals surface area (Å²) in [5.74, 6) is -0.390. The van der Waals surface area contributed by atoms with Gasteiger partial charge in [-0.25, -0.2) is 0 Å². The molecular formula is C5H6FInO. The van der Waals surface area contributed by atoms with Crippen LogP contribution in [0, 0.1) is 0 Å². The van der Waals surface area contributed by atoms with Gasteiger partial charge in [-0.15, -0.1) is 0 Å². The van der Waals surface area contributed by atoms with Crippen molar-refractivity contribution in [2.45, 2.75) is 6.92 Å². The number of rotatable bonds is 0. The van der Waals surface area contributed by atoms with Crippen LogP contribution in [0.15, 0.2) is 18.7 Å². The number of hydrogen-bond acceptors (Lipinski definition) is 1. The van der Waals surface area contributed by atoms with Crippen molar-refractivity contribution in [3.05, 3.63) is 18.7 Å². The molecule has 1 rings (SSSR count). The minimum absolute atomic E-state index is 0.0734. The summed E-state index contributed by atoms with van der Waals surface area (Å²) in [7, 11) is 0. The van der Waals surface area contributed by atoms with Crippen LogP contribution in [-0.4, -0.2) is 28.0 Å². The molecule has 1 heterocycles. The number of hydrogen-bond donors (Lipinski definition) is 1. The van der Waals surface area contributed by atoms with E-state index in [9.17, 15) is 4.39 Å². The van der Waals surface area contributed by atoms with Crippen molar-refractivity contribution in [2.75, 3.05) is 0 Å². The van der Waals surface area contributed by atoms with Gasteiger partial charge in [0.05, 0.1) is 0 Å². The van der Waals surface area contributed by atoms with Crippen molar-refractivity contribution >= 4 is 22.9 Å². The quantitative estimate of drug-likeness (QED) is 0.641. The first-order chi connectivity index (χ1) is 3.70. The van der Waals surface area contributed by atoms with E-state index >= 15 is 0 Å². The molecule has 1 aliphatic heterocycles. The third-order valence-corrected chi connectivity index (χ3v) is 5.19. The third kappa shape index (κ3) is 1.08. The van der Waals surface area contributed by atoms with Gasteiger partial charge in [-0.05, 0) is 0 Å². The van der Waals surface area contributed by atoms with Gasteiger partial charge < -0.3 is 0 Å². The van der Waals surface area contributed by atoms with Crippen LogP contribution < -0.4 is 0 Å². The van der Waals surface area contributed by atoms with E-state index in [4.69, 9.17) is 5.11 Å². The Morgan fingerprint density at radius 3 is 2.50 bits per heavy atom. The molecule has 42 valence electrons. The normalized spacial score (nSPS) is 18.5. The molecule has 8 heavy (non-hydrogen) atoms. The van der Waals surface area contributed by atoms with E-state index in [1.165, 1.54) is 6.08 Å². The molecule has 1 N–H and O–H groups in total. The van der Waals surface area contributed by atoms with Gasteiger partial charge >= 0.3 is 58.1 Å². The van der Waals surface area contributed by atoms with Gasteiger partial charge in [0.15, 0.2) is 0 Å². The van der Waals surface area contributed by atoms with Crippen LogP contribution in [-0.2, 0) is 0 Å². The Balaban J connectivity index is 2.79. The molecule has 0 saturated carbocycles. The fraction of sp³-hybridized carbons (Fsp3) is 0.200. The molecule has 0 saturated heterocycles. The average molecular weight is 216 g/mol. The summed E-state index contributed by atoms with van der Waals surface area (Å²) in [5.41, 5.74) is 0. The second kappa shape index (κ2) is 2.13. The third-order valence-electron chi connectivity index (χ3n) is 1.10. The van der Waals surface area contributed by atoms with Gasteiger partial charge in [0, 0.05) is 0 Å². The summed E-state index contributed by atoms with van der Waals surface area (Å²) in [6.45, 7) is 1.87. The Hall–Kier alpha value is 0.0801. The Morgan fingerprint density at radius 1 is 1.75 bits per heavy atom. The van der Waals surface area contributed by atoms with Crippen molar-refractivity contribution in [1.29, 1.82) is 0 Å². The van der Waals surface area contributed by atoms with Crippen LogP contribution in [0.4, 0.5) is 4.39 Å². The van der Waals surface area contributed by atoms with Crippen LogP contribution in [0.5, 0.6) is 0 Å². The molecule has 0 radical (unpaired) electrons. The molecule has 0 aromatic heterocycles. The van der Waals surface area contributed by atoms with E-state index in [0.29, 0.717) is 0 Å². The predicted molar refractivity (Wildman–Crippen MR) is 31.7 cm³/mol. The van der Waals surface area contributed by atoms with Crippen molar-refractivity contribution in [1.82, 2.24) is 0 Å². The van der Waals surface area contributed by atoms with Gasteiger partial charge in [0.2, 0.25) is 0 Å². The molecule has 0 spiro atoms. The van der Waals surface area contributed by atoms with E-state index in [1.807, 2.05) is 6.92 Å². The van der Waals surface area contributed by atoms with E-state index in [0.717, 1.165) is 3.33 Å². The van der Waals surface area contributed by atoms with E-state index in [-0.39, 0.29) is 3.52 Å². The Kier molecular flexibility index (Phi) is 1.65. The van der Waals surface area contributed by atoms with Gasteiger partial charge in [-0.2, -0.15) is 0 Å². The summed E-state index contributed by atoms with van der Waals surface area (Å²) < 4.78 is 13.3. The second-order valence-electron chi connectivity index (χ2n) is 1.96. The summed E-state index contributed by atoms with van der Waals surface area (Å²) in [5, 5.41) is 8.71. The average Bonchev–Trinajstić information content (AvgIpc) is 1.85. The van der Waals surface area contributed by atoms with Crippen molar-refractivity contribution < 1.29 is 9.50 Å². The maximum absolute atomic E-state index is 12.2. The molecule has 0 aromatic rings. The van der Waals surface area contributed by atoms with Crippen LogP contribution in [0.3, 0.4) is 0 Å². The Bertz CT molecular complexity index is 171. The van der Waals surface area contributed by atoms with Gasteiger partial charge in [-0.3, -0.25) is 0 Å². The van der Waals surface area contributed by atoms with Gasteiger partial charge in [0.1, 0.15) is 0 Å². The fourth-order valence-corrected chi connectivity index (χ4v) is 3.78. The number of halogens is 1. The van der Waals surface area contributed by atoms with E-state index < -0.39 is 28.7 Å². The molecular weight excluding hydrogens is 210 g/mol. The number of allylic oxidation sites excluding steroid dienone is 3. The SMILES string of the molecule is C[C]1=CC(F)=[C](O)[InH]1. The van der Waals surface area contributed by atoms with Gasteiger partial charge in [-0.1, -0.05) is 0 Å². The molecule has 1 nitrogen and oxygen atoms in total. The summed E-state index contributed by atoms with van der Waals surface area (Å²) >= 11 is -1.31. The standard InChI is InChI=1S/C5H5FO.In.H/c1-2-3-5(6)4-7;;/h3,7H,1H3;;. The molecule has 0 amide bonds. The topological polar surface area (TPSA) is 20.2 Å². The van der Waals surface area contributed by atoms with E-state index in [1.54, 1.807) is 0 Å². The minimum atomic E-state index is -1.31. The molecule has 0 bridgehead atoms. The zero-order valence-electron chi connectivity index (χ0n) is 4.61. The summed E-state index contributed by atoms with van der Waals surface area (Å²) in [6.07, 6.45) is 1.44. The first kappa shape index (κ1) is 6.20. The molecule has 3 heteroatoms. The number of aliphatic hydroxyl groups excluding tert-OH is 1. The summed E-state index contributed by atoms with van der Waals surface area (Å²) in [4.78, 5) is 0. The Morgan fingerprint density at radius 2 is 2.38 bits per heavy atom. The Labute approximate surface area is 58.3 Å². The van der Waals surface area contributed by atoms with Crippen molar-refractivity contribution in [3.63, 3.8) is 0 Å². The molecule has 0 fully saturated rings. The predicted octanol–water partition coefficient (Wildman–Crippen LogP) is 1.04. The van der Waals surface area contributed by atoms with Gasteiger partial charge in [0.25, 0.3) is 0 Å². The molecule has 1 aliphatic rings. The first-order valence-electron chi connectivity index (χ1n) is 2.45. The summed E-state index contributed by atoms with van der Waals surface area (Å²) in [6, 6.07) is 0. The van der Waals surface area contributed by atoms with Crippen molar-refractivity contribution in [2.24, 2.45) is 0 Å². The van der Waals surface area contributed by atoms with Crippen LogP contribution in [0.1, 0.15) is 6.92 Å². The molecule has 0 aliphatic carbocycles. The van der Waals surface area contributed by atoms with Crippen LogP contribution >= 0.6 is 0 Å². The molecule has 0 atom stereocenters. The molecule has 0 aromatic carbocycles. The zero-order chi connectivity index (χ0) is 6.15. The zero-order valence-corrected chi connectivity index (χ0v) is 8.65. The van der Waals surface area contributed by atoms with Crippen LogP contribution in [0.2, 0.25) is 0 Å². The molecule has 0 unspecified atom stereocenters. The maximum atomic E-state index is 12.2. The van der Waals surface area contributed by atoms with Crippen molar-refractivity contribution in [3.8, 4) is 0 Å².